The van der Waals surface area contributed by atoms with Gasteiger partial charge in [-0.3, -0.25) is 9.98 Å². The van der Waals surface area contributed by atoms with Gasteiger partial charge in [-0.15, -0.1) is 0 Å². The first kappa shape index (κ1) is 40.1. The third-order valence-electron chi connectivity index (χ3n) is 10.6. The molecule has 296 valence electrons. The molecule has 0 aromatic heterocycles. The molecule has 6 aromatic carbocycles. The first-order valence-corrected chi connectivity index (χ1v) is 20.4. The van der Waals surface area contributed by atoms with Crippen molar-refractivity contribution in [3.8, 4) is 23.0 Å². The van der Waals surface area contributed by atoms with E-state index >= 15 is 0 Å². The molecule has 0 unspecified atom stereocenters. The Hall–Kier alpha value is -6.14. The van der Waals surface area contributed by atoms with Crippen molar-refractivity contribution in [1.82, 2.24) is 0 Å². The molecule has 7 rings (SSSR count). The summed E-state index contributed by atoms with van der Waals surface area (Å²) in [6.07, 6.45) is 5.37. The Morgan fingerprint density at radius 2 is 0.741 bits per heavy atom. The third-order valence-corrected chi connectivity index (χ3v) is 10.6. The Labute approximate surface area is 343 Å². The molecule has 0 amide bonds. The maximum absolute atomic E-state index is 12.1. The molecule has 0 aliphatic heterocycles. The molecule has 0 saturated heterocycles. The van der Waals surface area contributed by atoms with Gasteiger partial charge in [0.2, 0.25) is 0 Å². The molecular formula is C52H54N2O4. The van der Waals surface area contributed by atoms with Crippen molar-refractivity contribution in [2.75, 3.05) is 0 Å². The van der Waals surface area contributed by atoms with E-state index in [1.54, 1.807) is 0 Å². The Morgan fingerprint density at radius 3 is 1.03 bits per heavy atom. The van der Waals surface area contributed by atoms with Crippen molar-refractivity contribution in [2.24, 2.45) is 9.98 Å². The SMILES string of the molecule is CC(C)Oc1c2cccc1Cc1cc(C=N[C@H](C)c3ccccc3)cc(c1O)Cc1cccc(c1OC(C)C)Cc1cc(C=N[C@H](C)c3ccccc3)cc(c1O)C2. The van der Waals surface area contributed by atoms with Gasteiger partial charge in [0.15, 0.2) is 0 Å². The molecule has 6 nitrogen and oxygen atoms in total. The van der Waals surface area contributed by atoms with Gasteiger partial charge in [-0.05, 0) is 133 Å². The quantitative estimate of drug-likeness (QED) is 0.136. The van der Waals surface area contributed by atoms with Crippen LogP contribution in [0.3, 0.4) is 0 Å². The lowest BCUT2D eigenvalue weighted by Gasteiger charge is -2.22. The fourth-order valence-corrected chi connectivity index (χ4v) is 7.72. The molecule has 0 fully saturated rings. The molecule has 0 heterocycles. The number of aromatic hydroxyl groups is 2. The summed E-state index contributed by atoms with van der Waals surface area (Å²) in [5.41, 5.74) is 11.0. The largest absolute Gasteiger partial charge is 0.507 e. The summed E-state index contributed by atoms with van der Waals surface area (Å²) in [5, 5.41) is 24.2. The zero-order chi connectivity index (χ0) is 40.8. The number of benzene rings is 6. The Morgan fingerprint density at radius 1 is 0.431 bits per heavy atom. The van der Waals surface area contributed by atoms with Gasteiger partial charge in [-0.25, -0.2) is 0 Å². The number of fused-ring (bicyclic) bond motifs is 8. The number of hydrogen-bond donors (Lipinski definition) is 2. The van der Waals surface area contributed by atoms with Crippen LogP contribution in [0.2, 0.25) is 0 Å². The van der Waals surface area contributed by atoms with Crippen LogP contribution in [0.1, 0.15) is 120 Å². The van der Waals surface area contributed by atoms with Gasteiger partial charge < -0.3 is 19.7 Å². The van der Waals surface area contributed by atoms with E-state index in [0.29, 0.717) is 25.7 Å². The lowest BCUT2D eigenvalue weighted by Crippen LogP contribution is -2.12. The van der Waals surface area contributed by atoms with Crippen LogP contribution in [0.4, 0.5) is 0 Å². The lowest BCUT2D eigenvalue weighted by atomic mass is 9.90. The normalized spacial score (nSPS) is 13.9. The Kier molecular flexibility index (Phi) is 12.4. The molecule has 0 saturated carbocycles. The van der Waals surface area contributed by atoms with Gasteiger partial charge in [0, 0.05) is 38.1 Å². The van der Waals surface area contributed by atoms with E-state index in [1.807, 2.05) is 113 Å². The summed E-state index contributed by atoms with van der Waals surface area (Å²) in [4.78, 5) is 9.91. The second-order valence-corrected chi connectivity index (χ2v) is 16.0. The average Bonchev–Trinajstić information content (AvgIpc) is 3.21. The minimum atomic E-state index is -0.0980. The third kappa shape index (κ3) is 9.51. The highest BCUT2D eigenvalue weighted by atomic mass is 16.5. The monoisotopic (exact) mass is 770 g/mol. The van der Waals surface area contributed by atoms with Crippen LogP contribution in [0, 0.1) is 0 Å². The number of hydrogen-bond acceptors (Lipinski definition) is 6. The van der Waals surface area contributed by atoms with Crippen LogP contribution in [0.5, 0.6) is 23.0 Å². The predicted molar refractivity (Wildman–Crippen MR) is 237 cm³/mol. The zero-order valence-electron chi connectivity index (χ0n) is 34.4. The molecule has 1 aliphatic rings. The summed E-state index contributed by atoms with van der Waals surface area (Å²) < 4.78 is 13.2. The van der Waals surface area contributed by atoms with E-state index in [9.17, 15) is 10.2 Å². The number of nitrogens with zero attached hydrogens (tertiary/aromatic N) is 2. The first-order chi connectivity index (χ1) is 28.0. The van der Waals surface area contributed by atoms with E-state index in [2.05, 4.69) is 62.4 Å². The van der Waals surface area contributed by atoms with Crippen molar-refractivity contribution in [3.63, 3.8) is 0 Å². The summed E-state index contributed by atoms with van der Waals surface area (Å²) in [7, 11) is 0. The van der Waals surface area contributed by atoms with Crippen molar-refractivity contribution in [1.29, 1.82) is 0 Å². The molecule has 58 heavy (non-hydrogen) atoms. The highest BCUT2D eigenvalue weighted by Gasteiger charge is 2.22. The van der Waals surface area contributed by atoms with Gasteiger partial charge in [0.25, 0.3) is 0 Å². The van der Waals surface area contributed by atoms with E-state index < -0.39 is 0 Å². The Balaban J connectivity index is 1.40. The van der Waals surface area contributed by atoms with Crippen LogP contribution in [0.25, 0.3) is 0 Å². The van der Waals surface area contributed by atoms with Gasteiger partial charge in [0.05, 0.1) is 24.3 Å². The van der Waals surface area contributed by atoms with Crippen LogP contribution in [-0.4, -0.2) is 34.9 Å². The molecule has 8 bridgehead atoms. The maximum atomic E-state index is 12.1. The van der Waals surface area contributed by atoms with Crippen molar-refractivity contribution in [2.45, 2.75) is 91.5 Å². The Bertz CT molecular complexity index is 2160. The molecule has 1 aliphatic carbocycles. The smallest absolute Gasteiger partial charge is 0.126 e. The number of ether oxygens (including phenoxy) is 2. The minimum absolute atomic E-state index is 0.0366. The lowest BCUT2D eigenvalue weighted by molar-refractivity contribution is 0.238. The molecule has 6 heteroatoms. The standard InChI is InChI=1S/C52H54N2O4/c1-33(2)57-51-41-19-13-20-42(51)28-46-24-38(32-54-36(6)40-17-11-8-12-18-40)26-48(50(46)56)30-44-22-14-21-43(52(44)58-34(3)4)29-47-25-37(23-45(27-41)49(47)55)31-53-35(5)39-15-9-7-10-16-39/h7-26,31-36,55-56H,27-30H2,1-6H3/t35-,36-/m1/s1. The van der Waals surface area contributed by atoms with Crippen molar-refractivity contribution < 1.29 is 19.7 Å². The summed E-state index contributed by atoms with van der Waals surface area (Å²) >= 11 is 0. The predicted octanol–water partition coefficient (Wildman–Crippen LogP) is 11.7. The minimum Gasteiger partial charge on any atom is -0.507 e. The number of aliphatic imine (C=N–C) groups is 2. The fourth-order valence-electron chi connectivity index (χ4n) is 7.72. The van der Waals surface area contributed by atoms with Crippen molar-refractivity contribution in [3.05, 3.63) is 188 Å². The van der Waals surface area contributed by atoms with Crippen molar-refractivity contribution >= 4 is 12.4 Å². The van der Waals surface area contributed by atoms with E-state index in [-0.39, 0.29) is 35.8 Å². The van der Waals surface area contributed by atoms with E-state index in [4.69, 9.17) is 19.5 Å². The number of phenols is 2. The second-order valence-electron chi connectivity index (χ2n) is 16.0. The first-order valence-electron chi connectivity index (χ1n) is 20.4. The van der Waals surface area contributed by atoms with Gasteiger partial charge in [0.1, 0.15) is 23.0 Å². The number of rotatable bonds is 10. The average molecular weight is 771 g/mol. The summed E-state index contributed by atoms with van der Waals surface area (Å²) in [5.74, 6) is 2.02. The van der Waals surface area contributed by atoms with Crippen LogP contribution in [0.15, 0.2) is 131 Å². The summed E-state index contributed by atoms with van der Waals surface area (Å²) in [6.45, 7) is 12.3. The van der Waals surface area contributed by atoms with Gasteiger partial charge in [-0.2, -0.15) is 0 Å². The van der Waals surface area contributed by atoms with E-state index in [1.165, 1.54) is 0 Å². The topological polar surface area (TPSA) is 83.6 Å². The van der Waals surface area contributed by atoms with Crippen LogP contribution >= 0.6 is 0 Å². The van der Waals surface area contributed by atoms with Crippen LogP contribution < -0.4 is 9.47 Å². The highest BCUT2D eigenvalue weighted by molar-refractivity contribution is 5.82. The molecule has 6 aromatic rings. The van der Waals surface area contributed by atoms with E-state index in [0.717, 1.165) is 78.3 Å². The van der Waals surface area contributed by atoms with Gasteiger partial charge >= 0.3 is 0 Å². The molecule has 2 atom stereocenters. The molecule has 0 radical (unpaired) electrons. The molecule has 0 spiro atoms. The maximum Gasteiger partial charge on any atom is 0.126 e. The molecular weight excluding hydrogens is 717 g/mol. The number of phenolic OH excluding ortho intramolecular Hbond substituents is 2. The zero-order valence-corrected chi connectivity index (χ0v) is 34.4. The summed E-state index contributed by atoms with van der Waals surface area (Å²) in [6, 6.07) is 40.9. The van der Waals surface area contributed by atoms with Gasteiger partial charge in [-0.1, -0.05) is 97.1 Å². The molecule has 2 N–H and O–H groups in total. The number of para-hydroxylation sites is 2. The van der Waals surface area contributed by atoms with Crippen LogP contribution in [-0.2, 0) is 25.7 Å². The second kappa shape index (κ2) is 18.0. The highest BCUT2D eigenvalue weighted by Crippen LogP contribution is 2.39. The fraction of sp³-hybridized carbons (Fsp3) is 0.269.